The van der Waals surface area contributed by atoms with Gasteiger partial charge >= 0.3 is 5.97 Å². The van der Waals surface area contributed by atoms with Crippen LogP contribution in [0.4, 0.5) is 5.69 Å². The summed E-state index contributed by atoms with van der Waals surface area (Å²) in [6, 6.07) is 13.5. The Morgan fingerprint density at radius 2 is 1.58 bits per heavy atom. The molecule has 1 atom stereocenters. The summed E-state index contributed by atoms with van der Waals surface area (Å²) in [5, 5.41) is 14.8. The van der Waals surface area contributed by atoms with Crippen molar-refractivity contribution < 1.29 is 19.5 Å². The first-order valence-electron chi connectivity index (χ1n) is 10.5. The maximum Gasteiger partial charge on any atom is 0.326 e. The highest BCUT2D eigenvalue weighted by Gasteiger charge is 2.22. The Bertz CT molecular complexity index is 927. The van der Waals surface area contributed by atoms with Gasteiger partial charge in [-0.15, -0.1) is 0 Å². The van der Waals surface area contributed by atoms with Gasteiger partial charge in [0.1, 0.15) is 6.04 Å². The van der Waals surface area contributed by atoms with Crippen molar-refractivity contribution in [3.8, 4) is 0 Å². The Balaban J connectivity index is 2.10. The maximum atomic E-state index is 12.7. The number of hydrogen-bond donors (Lipinski definition) is 3. The summed E-state index contributed by atoms with van der Waals surface area (Å²) >= 11 is 0. The Morgan fingerprint density at radius 3 is 2.13 bits per heavy atom. The van der Waals surface area contributed by atoms with E-state index in [9.17, 15) is 19.5 Å². The molecule has 2 amide bonds. The lowest BCUT2D eigenvalue weighted by Crippen LogP contribution is -2.42. The molecule has 0 aliphatic rings. The first-order chi connectivity index (χ1) is 14.5. The zero-order valence-electron chi connectivity index (χ0n) is 18.9. The molecule has 2 aromatic rings. The molecule has 0 aliphatic heterocycles. The highest BCUT2D eigenvalue weighted by molar-refractivity contribution is 6.05. The minimum atomic E-state index is -1.05. The molecule has 0 saturated carbocycles. The molecule has 166 valence electrons. The van der Waals surface area contributed by atoms with E-state index in [2.05, 4.69) is 31.4 Å². The number of para-hydroxylation sites is 1. The number of aliphatic carboxylic acids is 1. The topological polar surface area (TPSA) is 95.5 Å². The van der Waals surface area contributed by atoms with Crippen molar-refractivity contribution in [3.63, 3.8) is 0 Å². The van der Waals surface area contributed by atoms with Crippen molar-refractivity contribution >= 4 is 23.5 Å². The van der Waals surface area contributed by atoms with Gasteiger partial charge in [-0.25, -0.2) is 4.79 Å². The van der Waals surface area contributed by atoms with E-state index in [1.54, 1.807) is 36.4 Å². The third kappa shape index (κ3) is 7.24. The molecule has 6 nitrogen and oxygen atoms in total. The van der Waals surface area contributed by atoms with Crippen LogP contribution >= 0.6 is 0 Å². The Labute approximate surface area is 184 Å². The van der Waals surface area contributed by atoms with Crippen LogP contribution in [-0.2, 0) is 21.4 Å². The molecular weight excluding hydrogens is 392 g/mol. The SMILES string of the molecule is CC(C)CC(NC(=O)Cc1ccccc1NC(=O)c1ccc(C(C)(C)C)cc1)C(=O)O. The summed E-state index contributed by atoms with van der Waals surface area (Å²) in [7, 11) is 0. The van der Waals surface area contributed by atoms with Gasteiger partial charge in [0.25, 0.3) is 5.91 Å². The summed E-state index contributed by atoms with van der Waals surface area (Å²) in [4.78, 5) is 36.6. The number of hydrogen-bond acceptors (Lipinski definition) is 3. The van der Waals surface area contributed by atoms with E-state index in [4.69, 9.17) is 0 Å². The molecule has 0 spiro atoms. The Morgan fingerprint density at radius 1 is 0.968 bits per heavy atom. The lowest BCUT2D eigenvalue weighted by atomic mass is 9.86. The number of carbonyl (C=O) groups is 3. The summed E-state index contributed by atoms with van der Waals surface area (Å²) in [5.41, 5.74) is 2.80. The molecule has 0 aliphatic carbocycles. The lowest BCUT2D eigenvalue weighted by molar-refractivity contribution is -0.142. The van der Waals surface area contributed by atoms with E-state index in [1.807, 2.05) is 26.0 Å². The quantitative estimate of drug-likeness (QED) is 0.585. The Hall–Kier alpha value is -3.15. The number of carbonyl (C=O) groups excluding carboxylic acids is 2. The first kappa shape index (κ1) is 24.1. The van der Waals surface area contributed by atoms with Crippen LogP contribution in [0.1, 0.15) is 62.5 Å². The molecule has 0 aromatic heterocycles. The highest BCUT2D eigenvalue weighted by atomic mass is 16.4. The zero-order chi connectivity index (χ0) is 23.2. The summed E-state index contributed by atoms with van der Waals surface area (Å²) in [6.07, 6.45) is 0.325. The number of rotatable bonds is 8. The van der Waals surface area contributed by atoms with Gasteiger partial charge in [-0.05, 0) is 47.1 Å². The second kappa shape index (κ2) is 10.2. The van der Waals surface area contributed by atoms with Gasteiger partial charge in [0.05, 0.1) is 6.42 Å². The van der Waals surface area contributed by atoms with Gasteiger partial charge in [-0.3, -0.25) is 9.59 Å². The molecule has 2 rings (SSSR count). The van der Waals surface area contributed by atoms with Crippen LogP contribution in [0.25, 0.3) is 0 Å². The fourth-order valence-corrected chi connectivity index (χ4v) is 3.22. The van der Waals surface area contributed by atoms with Gasteiger partial charge in [0.2, 0.25) is 5.91 Å². The van der Waals surface area contributed by atoms with Crippen molar-refractivity contribution in [3.05, 3.63) is 65.2 Å². The molecule has 0 radical (unpaired) electrons. The summed E-state index contributed by atoms with van der Waals surface area (Å²) in [6.45, 7) is 10.1. The standard InChI is InChI=1S/C25H32N2O4/c1-16(2)14-21(24(30)31)26-22(28)15-18-8-6-7-9-20(18)27-23(29)17-10-12-19(13-11-17)25(3,4)5/h6-13,16,21H,14-15H2,1-5H3,(H,26,28)(H,27,29)(H,30,31). The van der Waals surface area contributed by atoms with Crippen LogP contribution in [0.5, 0.6) is 0 Å². The van der Waals surface area contributed by atoms with Gasteiger partial charge in [-0.1, -0.05) is 65.0 Å². The molecule has 1 unspecified atom stereocenters. The lowest BCUT2D eigenvalue weighted by Gasteiger charge is -2.19. The van der Waals surface area contributed by atoms with E-state index in [-0.39, 0.29) is 23.7 Å². The number of nitrogens with one attached hydrogen (secondary N) is 2. The fourth-order valence-electron chi connectivity index (χ4n) is 3.22. The van der Waals surface area contributed by atoms with E-state index in [1.165, 1.54) is 0 Å². The molecule has 0 bridgehead atoms. The van der Waals surface area contributed by atoms with Crippen LogP contribution in [0.3, 0.4) is 0 Å². The second-order valence-electron chi connectivity index (χ2n) is 9.20. The second-order valence-corrected chi connectivity index (χ2v) is 9.20. The van der Waals surface area contributed by atoms with Crippen LogP contribution in [0.15, 0.2) is 48.5 Å². The molecule has 31 heavy (non-hydrogen) atoms. The third-order valence-corrected chi connectivity index (χ3v) is 4.97. The predicted molar refractivity (Wildman–Crippen MR) is 122 cm³/mol. The summed E-state index contributed by atoms with van der Waals surface area (Å²) in [5.74, 6) is -1.58. The van der Waals surface area contributed by atoms with Crippen LogP contribution in [0, 0.1) is 5.92 Å². The third-order valence-electron chi connectivity index (χ3n) is 4.97. The number of anilines is 1. The molecule has 0 saturated heterocycles. The number of carboxylic acids is 1. The molecule has 0 heterocycles. The average molecular weight is 425 g/mol. The molecule has 3 N–H and O–H groups in total. The smallest absolute Gasteiger partial charge is 0.326 e. The normalized spacial score (nSPS) is 12.3. The molecule has 2 aromatic carbocycles. The van der Waals surface area contributed by atoms with E-state index in [0.29, 0.717) is 23.2 Å². The monoisotopic (exact) mass is 424 g/mol. The van der Waals surface area contributed by atoms with E-state index < -0.39 is 17.9 Å². The van der Waals surface area contributed by atoms with Crippen LogP contribution in [-0.4, -0.2) is 28.9 Å². The van der Waals surface area contributed by atoms with Gasteiger partial charge in [0.15, 0.2) is 0 Å². The van der Waals surface area contributed by atoms with Gasteiger partial charge in [-0.2, -0.15) is 0 Å². The van der Waals surface area contributed by atoms with Crippen LogP contribution in [0.2, 0.25) is 0 Å². The van der Waals surface area contributed by atoms with Gasteiger partial charge < -0.3 is 15.7 Å². The minimum Gasteiger partial charge on any atom is -0.480 e. The zero-order valence-corrected chi connectivity index (χ0v) is 18.9. The average Bonchev–Trinajstić information content (AvgIpc) is 2.68. The van der Waals surface area contributed by atoms with E-state index >= 15 is 0 Å². The van der Waals surface area contributed by atoms with Crippen molar-refractivity contribution in [2.45, 2.75) is 58.9 Å². The van der Waals surface area contributed by atoms with E-state index in [0.717, 1.165) is 5.56 Å². The maximum absolute atomic E-state index is 12.7. The number of benzene rings is 2. The van der Waals surface area contributed by atoms with Crippen molar-refractivity contribution in [2.24, 2.45) is 5.92 Å². The number of amides is 2. The van der Waals surface area contributed by atoms with Gasteiger partial charge in [0, 0.05) is 11.3 Å². The minimum absolute atomic E-state index is 0.00164. The van der Waals surface area contributed by atoms with Crippen molar-refractivity contribution in [1.29, 1.82) is 0 Å². The fraction of sp³-hybridized carbons (Fsp3) is 0.400. The molecule has 0 fully saturated rings. The number of carboxylic acid groups (broad SMARTS) is 1. The molecular formula is C25H32N2O4. The Kier molecular flexibility index (Phi) is 7.97. The predicted octanol–water partition coefficient (Wildman–Crippen LogP) is 4.39. The first-order valence-corrected chi connectivity index (χ1v) is 10.5. The largest absolute Gasteiger partial charge is 0.480 e. The van der Waals surface area contributed by atoms with Crippen molar-refractivity contribution in [1.82, 2.24) is 5.32 Å². The summed E-state index contributed by atoms with van der Waals surface area (Å²) < 4.78 is 0. The highest BCUT2D eigenvalue weighted by Crippen LogP contribution is 2.23. The van der Waals surface area contributed by atoms with Crippen LogP contribution < -0.4 is 10.6 Å². The van der Waals surface area contributed by atoms with Crippen molar-refractivity contribution in [2.75, 3.05) is 5.32 Å². The molecule has 6 heteroatoms.